The normalized spacial score (nSPS) is 16.1. The smallest absolute Gasteiger partial charge is 0.313 e. The van der Waals surface area contributed by atoms with Crippen LogP contribution in [-0.2, 0) is 15.2 Å². The molecule has 0 spiro atoms. The molecule has 1 fully saturated rings. The van der Waals surface area contributed by atoms with E-state index in [1.165, 1.54) is 18.4 Å². The number of anilines is 1. The summed E-state index contributed by atoms with van der Waals surface area (Å²) in [6, 6.07) is 7.45. The van der Waals surface area contributed by atoms with Crippen molar-refractivity contribution in [2.24, 2.45) is 5.92 Å². The van der Waals surface area contributed by atoms with Gasteiger partial charge in [-0.2, -0.15) is 0 Å². The summed E-state index contributed by atoms with van der Waals surface area (Å²) in [5, 5.41) is 15.6. The van der Waals surface area contributed by atoms with Crippen LogP contribution in [0.4, 0.5) is 10.1 Å². The lowest BCUT2D eigenvalue weighted by Crippen LogP contribution is -2.45. The standard InChI is InChI=1S/C18H19FN2O4/c1-11-4-7-13(9-14(11)19)21-17(23)16(22)20-10-18(24,12-5-6-12)15-3-2-8-25-15/h2-4,7-9,12,24H,5-6,10H2,1H3,(H,20,22)(H,21,23)/t18-/m1/s1. The number of aliphatic hydroxyl groups is 1. The molecule has 3 N–H and O–H groups in total. The molecule has 6 nitrogen and oxygen atoms in total. The maximum Gasteiger partial charge on any atom is 0.313 e. The van der Waals surface area contributed by atoms with E-state index in [0.717, 1.165) is 18.9 Å². The highest BCUT2D eigenvalue weighted by atomic mass is 19.1. The highest BCUT2D eigenvalue weighted by Gasteiger charge is 2.47. The van der Waals surface area contributed by atoms with Crippen LogP contribution < -0.4 is 10.6 Å². The van der Waals surface area contributed by atoms with Crippen LogP contribution in [0, 0.1) is 18.7 Å². The predicted molar refractivity (Wildman–Crippen MR) is 88.1 cm³/mol. The summed E-state index contributed by atoms with van der Waals surface area (Å²) < 4.78 is 18.8. The third-order valence-corrected chi connectivity index (χ3v) is 4.35. The maximum absolute atomic E-state index is 13.5. The lowest BCUT2D eigenvalue weighted by Gasteiger charge is -2.26. The lowest BCUT2D eigenvalue weighted by molar-refractivity contribution is -0.137. The molecule has 2 aromatic rings. The van der Waals surface area contributed by atoms with Gasteiger partial charge in [0.2, 0.25) is 0 Å². The maximum atomic E-state index is 13.5. The van der Waals surface area contributed by atoms with Gasteiger partial charge in [0, 0.05) is 5.69 Å². The van der Waals surface area contributed by atoms with Gasteiger partial charge in [0.25, 0.3) is 0 Å². The van der Waals surface area contributed by atoms with Crippen molar-refractivity contribution in [3.05, 3.63) is 53.7 Å². The molecule has 0 radical (unpaired) electrons. The fourth-order valence-electron chi connectivity index (χ4n) is 2.67. The van der Waals surface area contributed by atoms with Crippen LogP contribution in [0.3, 0.4) is 0 Å². The van der Waals surface area contributed by atoms with E-state index in [0.29, 0.717) is 11.3 Å². The summed E-state index contributed by atoms with van der Waals surface area (Å²) in [6.45, 7) is 1.46. The van der Waals surface area contributed by atoms with Crippen LogP contribution in [-0.4, -0.2) is 23.5 Å². The molecule has 1 aliphatic rings. The van der Waals surface area contributed by atoms with Crippen molar-refractivity contribution in [1.29, 1.82) is 0 Å². The summed E-state index contributed by atoms with van der Waals surface area (Å²) in [4.78, 5) is 23.9. The molecule has 1 saturated carbocycles. The number of furan rings is 1. The second kappa shape index (κ2) is 6.68. The van der Waals surface area contributed by atoms with Gasteiger partial charge >= 0.3 is 11.8 Å². The van der Waals surface area contributed by atoms with Gasteiger partial charge in [-0.3, -0.25) is 9.59 Å². The summed E-state index contributed by atoms with van der Waals surface area (Å²) >= 11 is 0. The number of rotatable bonds is 5. The summed E-state index contributed by atoms with van der Waals surface area (Å²) in [7, 11) is 0. The molecule has 0 bridgehead atoms. The molecule has 1 heterocycles. The molecule has 1 atom stereocenters. The number of amides is 2. The van der Waals surface area contributed by atoms with E-state index < -0.39 is 23.2 Å². The zero-order valence-electron chi connectivity index (χ0n) is 13.7. The van der Waals surface area contributed by atoms with Crippen molar-refractivity contribution in [2.75, 3.05) is 11.9 Å². The van der Waals surface area contributed by atoms with Crippen LogP contribution in [0.2, 0.25) is 0 Å². The van der Waals surface area contributed by atoms with E-state index in [-0.39, 0.29) is 18.2 Å². The third-order valence-electron chi connectivity index (χ3n) is 4.35. The molecule has 7 heteroatoms. The molecule has 0 aliphatic heterocycles. The van der Waals surface area contributed by atoms with Gasteiger partial charge in [0.15, 0.2) is 0 Å². The topological polar surface area (TPSA) is 91.6 Å². The molecule has 0 unspecified atom stereocenters. The van der Waals surface area contributed by atoms with Gasteiger partial charge in [-0.25, -0.2) is 4.39 Å². The Bertz CT molecular complexity index is 786. The molecular formula is C18H19FN2O4. The van der Waals surface area contributed by atoms with Crippen molar-refractivity contribution in [3.8, 4) is 0 Å². The number of aryl methyl sites for hydroxylation is 1. The molecule has 0 saturated heterocycles. The Labute approximate surface area is 144 Å². The fourth-order valence-corrected chi connectivity index (χ4v) is 2.67. The molecular weight excluding hydrogens is 327 g/mol. The average molecular weight is 346 g/mol. The number of benzene rings is 1. The molecule has 1 aliphatic carbocycles. The first kappa shape index (κ1) is 17.2. The summed E-state index contributed by atoms with van der Waals surface area (Å²) in [6.07, 6.45) is 3.09. The number of hydrogen-bond acceptors (Lipinski definition) is 4. The van der Waals surface area contributed by atoms with Gasteiger partial charge in [0.1, 0.15) is 17.2 Å². The van der Waals surface area contributed by atoms with Gasteiger partial charge in [-0.15, -0.1) is 0 Å². The van der Waals surface area contributed by atoms with Gasteiger partial charge in [-0.1, -0.05) is 6.07 Å². The zero-order chi connectivity index (χ0) is 18.0. The Morgan fingerprint density at radius 1 is 1.32 bits per heavy atom. The Kier molecular flexibility index (Phi) is 4.59. The van der Waals surface area contributed by atoms with E-state index in [1.54, 1.807) is 19.1 Å². The molecule has 132 valence electrons. The van der Waals surface area contributed by atoms with E-state index in [4.69, 9.17) is 4.42 Å². The lowest BCUT2D eigenvalue weighted by atomic mass is 9.94. The summed E-state index contributed by atoms with van der Waals surface area (Å²) in [5.74, 6) is -1.98. The molecule has 25 heavy (non-hydrogen) atoms. The van der Waals surface area contributed by atoms with Crippen LogP contribution in [0.1, 0.15) is 24.2 Å². The Hall–Kier alpha value is -2.67. The second-order valence-corrected chi connectivity index (χ2v) is 6.28. The predicted octanol–water partition coefficient (Wildman–Crippen LogP) is 2.08. The quantitative estimate of drug-likeness (QED) is 0.723. The van der Waals surface area contributed by atoms with E-state index in [2.05, 4.69) is 10.6 Å². The minimum atomic E-state index is -1.34. The Balaban J connectivity index is 1.61. The molecule has 1 aromatic carbocycles. The largest absolute Gasteiger partial charge is 0.466 e. The number of hydrogen-bond donors (Lipinski definition) is 3. The van der Waals surface area contributed by atoms with Gasteiger partial charge in [0.05, 0.1) is 12.8 Å². The molecule has 1 aromatic heterocycles. The highest BCUT2D eigenvalue weighted by molar-refractivity contribution is 6.39. The van der Waals surface area contributed by atoms with E-state index in [9.17, 15) is 19.1 Å². The minimum Gasteiger partial charge on any atom is -0.466 e. The van der Waals surface area contributed by atoms with Crippen LogP contribution in [0.15, 0.2) is 41.0 Å². The van der Waals surface area contributed by atoms with Crippen molar-refractivity contribution < 1.29 is 23.5 Å². The zero-order valence-corrected chi connectivity index (χ0v) is 13.7. The van der Waals surface area contributed by atoms with Gasteiger partial charge in [-0.05, 0) is 55.5 Å². The number of carbonyl (C=O) groups is 2. The first-order valence-electron chi connectivity index (χ1n) is 8.02. The van der Waals surface area contributed by atoms with Crippen molar-refractivity contribution >= 4 is 17.5 Å². The number of carbonyl (C=O) groups excluding carboxylic acids is 2. The minimum absolute atomic E-state index is 0.0202. The Morgan fingerprint density at radius 2 is 2.08 bits per heavy atom. The average Bonchev–Trinajstić information content (AvgIpc) is 3.30. The summed E-state index contributed by atoms with van der Waals surface area (Å²) in [5.41, 5.74) is -0.711. The van der Waals surface area contributed by atoms with Gasteiger partial charge < -0.3 is 20.2 Å². The monoisotopic (exact) mass is 346 g/mol. The first-order valence-corrected chi connectivity index (χ1v) is 8.02. The first-order chi connectivity index (χ1) is 11.9. The SMILES string of the molecule is Cc1ccc(NC(=O)C(=O)NC[C@](O)(c2ccco2)C2CC2)cc1F. The highest BCUT2D eigenvalue weighted by Crippen LogP contribution is 2.45. The van der Waals surface area contributed by atoms with E-state index >= 15 is 0 Å². The molecule has 3 rings (SSSR count). The van der Waals surface area contributed by atoms with Crippen molar-refractivity contribution in [2.45, 2.75) is 25.4 Å². The molecule has 2 amide bonds. The fraction of sp³-hybridized carbons (Fsp3) is 0.333. The van der Waals surface area contributed by atoms with Crippen LogP contribution in [0.5, 0.6) is 0 Å². The van der Waals surface area contributed by atoms with Crippen LogP contribution in [0.25, 0.3) is 0 Å². The van der Waals surface area contributed by atoms with Crippen LogP contribution >= 0.6 is 0 Å². The van der Waals surface area contributed by atoms with Crippen molar-refractivity contribution in [1.82, 2.24) is 5.32 Å². The number of halogens is 1. The number of nitrogens with one attached hydrogen (secondary N) is 2. The second-order valence-electron chi connectivity index (χ2n) is 6.28. The third kappa shape index (κ3) is 3.71. The Morgan fingerprint density at radius 3 is 2.68 bits per heavy atom. The van der Waals surface area contributed by atoms with E-state index in [1.807, 2.05) is 0 Å². The van der Waals surface area contributed by atoms with Crippen molar-refractivity contribution in [3.63, 3.8) is 0 Å².